The Hall–Kier alpha value is -3.33. The van der Waals surface area contributed by atoms with Gasteiger partial charge < -0.3 is 9.32 Å². The van der Waals surface area contributed by atoms with Gasteiger partial charge in [0.15, 0.2) is 0 Å². The van der Waals surface area contributed by atoms with Crippen molar-refractivity contribution in [2.75, 3.05) is 18.0 Å². The second-order valence-corrected chi connectivity index (χ2v) is 9.10. The molecule has 0 aliphatic carbocycles. The molecule has 34 heavy (non-hydrogen) atoms. The molecule has 0 atom stereocenters. The van der Waals surface area contributed by atoms with Crippen molar-refractivity contribution >= 4 is 16.7 Å². The molecule has 0 aliphatic heterocycles. The van der Waals surface area contributed by atoms with E-state index in [4.69, 9.17) is 4.42 Å². The number of nitrogens with zero attached hydrogens (tertiary/aromatic N) is 1. The molecule has 0 saturated carbocycles. The lowest BCUT2D eigenvalue weighted by molar-refractivity contribution is 0.561. The lowest BCUT2D eigenvalue weighted by Crippen LogP contribution is -2.23. The molecular formula is C31H35NO2. The van der Waals surface area contributed by atoms with Gasteiger partial charge in [0.25, 0.3) is 0 Å². The van der Waals surface area contributed by atoms with Crippen molar-refractivity contribution in [2.45, 2.75) is 53.4 Å². The fourth-order valence-electron chi connectivity index (χ4n) is 5.02. The third kappa shape index (κ3) is 4.94. The lowest BCUT2D eigenvalue weighted by Gasteiger charge is -2.24. The topological polar surface area (TPSA) is 33.5 Å². The molecule has 3 aromatic carbocycles. The van der Waals surface area contributed by atoms with E-state index in [1.54, 1.807) is 6.07 Å². The van der Waals surface area contributed by atoms with Crippen LogP contribution in [0.4, 0.5) is 5.69 Å². The summed E-state index contributed by atoms with van der Waals surface area (Å²) < 4.78 is 5.63. The molecule has 0 aliphatic rings. The van der Waals surface area contributed by atoms with Crippen molar-refractivity contribution in [3.05, 3.63) is 88.3 Å². The number of aryl methyl sites for hydroxylation is 2. The predicted molar refractivity (Wildman–Crippen MR) is 145 cm³/mol. The Labute approximate surface area is 203 Å². The van der Waals surface area contributed by atoms with Gasteiger partial charge in [0, 0.05) is 35.8 Å². The Morgan fingerprint density at radius 1 is 0.824 bits per heavy atom. The van der Waals surface area contributed by atoms with Gasteiger partial charge in [0.2, 0.25) is 0 Å². The van der Waals surface area contributed by atoms with E-state index in [0.717, 1.165) is 40.7 Å². The first-order valence-electron chi connectivity index (χ1n) is 12.5. The van der Waals surface area contributed by atoms with E-state index in [1.807, 2.05) is 36.4 Å². The van der Waals surface area contributed by atoms with Crippen LogP contribution in [0.3, 0.4) is 0 Å². The van der Waals surface area contributed by atoms with E-state index in [2.05, 4.69) is 56.9 Å². The monoisotopic (exact) mass is 453 g/mol. The number of fused-ring (bicyclic) bond motifs is 1. The second kappa shape index (κ2) is 10.7. The Bertz CT molecular complexity index is 1300. The maximum atomic E-state index is 12.3. The molecule has 3 heteroatoms. The standard InChI is InChI=1S/C31H35NO2/c1-5-7-8-12-19-32(6-2)26-17-15-25(16-18-26)30-22(3)20-28-31(23(30)4)27(21-29(33)34-28)24-13-10-9-11-14-24/h9-11,13-18,20-21H,5-8,12,19H2,1-4H3. The van der Waals surface area contributed by atoms with Gasteiger partial charge in [-0.3, -0.25) is 0 Å². The van der Waals surface area contributed by atoms with Crippen LogP contribution in [-0.4, -0.2) is 13.1 Å². The van der Waals surface area contributed by atoms with Crippen LogP contribution in [0.15, 0.2) is 75.9 Å². The first-order chi connectivity index (χ1) is 16.5. The Kier molecular flexibility index (Phi) is 7.52. The normalized spacial score (nSPS) is 11.2. The SMILES string of the molecule is CCCCCCN(CC)c1ccc(-c2c(C)cc3oc(=O)cc(-c4ccccc4)c3c2C)cc1. The molecule has 0 N–H and O–H groups in total. The van der Waals surface area contributed by atoms with E-state index >= 15 is 0 Å². The van der Waals surface area contributed by atoms with E-state index in [-0.39, 0.29) is 5.63 Å². The first-order valence-corrected chi connectivity index (χ1v) is 12.5. The van der Waals surface area contributed by atoms with E-state index in [0.29, 0.717) is 5.58 Å². The van der Waals surface area contributed by atoms with Gasteiger partial charge in [0.1, 0.15) is 5.58 Å². The van der Waals surface area contributed by atoms with Crippen molar-refractivity contribution in [3.63, 3.8) is 0 Å². The van der Waals surface area contributed by atoms with Crippen molar-refractivity contribution in [1.29, 1.82) is 0 Å². The number of benzene rings is 3. The van der Waals surface area contributed by atoms with Gasteiger partial charge in [-0.15, -0.1) is 0 Å². The van der Waals surface area contributed by atoms with Crippen LogP contribution in [-0.2, 0) is 0 Å². The minimum Gasteiger partial charge on any atom is -0.423 e. The fourth-order valence-corrected chi connectivity index (χ4v) is 5.02. The largest absolute Gasteiger partial charge is 0.423 e. The summed E-state index contributed by atoms with van der Waals surface area (Å²) in [5, 5.41) is 1.00. The number of hydrogen-bond donors (Lipinski definition) is 0. The van der Waals surface area contributed by atoms with Gasteiger partial charge in [0.05, 0.1) is 0 Å². The number of anilines is 1. The molecule has 176 valence electrons. The van der Waals surface area contributed by atoms with Crippen molar-refractivity contribution < 1.29 is 4.42 Å². The second-order valence-electron chi connectivity index (χ2n) is 9.10. The third-order valence-electron chi connectivity index (χ3n) is 6.75. The van der Waals surface area contributed by atoms with Gasteiger partial charge in [-0.25, -0.2) is 4.79 Å². The number of unbranched alkanes of at least 4 members (excludes halogenated alkanes) is 3. The van der Waals surface area contributed by atoms with Crippen molar-refractivity contribution in [2.24, 2.45) is 0 Å². The zero-order valence-corrected chi connectivity index (χ0v) is 20.9. The average molecular weight is 454 g/mol. The van der Waals surface area contributed by atoms with Crippen LogP contribution >= 0.6 is 0 Å². The van der Waals surface area contributed by atoms with Gasteiger partial charge in [-0.05, 0) is 73.2 Å². The highest BCUT2D eigenvalue weighted by Gasteiger charge is 2.16. The van der Waals surface area contributed by atoms with Gasteiger partial charge in [-0.1, -0.05) is 68.7 Å². The van der Waals surface area contributed by atoms with Crippen molar-refractivity contribution in [1.82, 2.24) is 0 Å². The minimum absolute atomic E-state index is 0.319. The number of rotatable bonds is 9. The maximum absolute atomic E-state index is 12.3. The summed E-state index contributed by atoms with van der Waals surface area (Å²) in [6, 6.07) is 22.6. The first kappa shape index (κ1) is 23.8. The molecule has 0 radical (unpaired) electrons. The van der Waals surface area contributed by atoms with Crippen LogP contribution in [0.1, 0.15) is 50.7 Å². The summed E-state index contributed by atoms with van der Waals surface area (Å²) >= 11 is 0. The molecule has 1 heterocycles. The lowest BCUT2D eigenvalue weighted by atomic mass is 9.89. The Morgan fingerprint density at radius 3 is 2.24 bits per heavy atom. The Morgan fingerprint density at radius 2 is 1.56 bits per heavy atom. The summed E-state index contributed by atoms with van der Waals surface area (Å²) in [4.78, 5) is 14.8. The highest BCUT2D eigenvalue weighted by Crippen LogP contribution is 2.38. The molecule has 0 unspecified atom stereocenters. The summed E-state index contributed by atoms with van der Waals surface area (Å²) in [6.45, 7) is 10.8. The maximum Gasteiger partial charge on any atom is 0.336 e. The predicted octanol–water partition coefficient (Wildman–Crippen LogP) is 8.15. The van der Waals surface area contributed by atoms with E-state index in [9.17, 15) is 4.79 Å². The van der Waals surface area contributed by atoms with Crippen molar-refractivity contribution in [3.8, 4) is 22.3 Å². The highest BCUT2D eigenvalue weighted by molar-refractivity contribution is 6.00. The Balaban J connectivity index is 1.75. The zero-order valence-electron chi connectivity index (χ0n) is 20.9. The van der Waals surface area contributed by atoms with Crippen LogP contribution in [0.25, 0.3) is 33.2 Å². The molecule has 0 bridgehead atoms. The third-order valence-corrected chi connectivity index (χ3v) is 6.75. The molecule has 0 amide bonds. The molecule has 4 aromatic rings. The van der Waals surface area contributed by atoms with Crippen LogP contribution < -0.4 is 10.5 Å². The molecule has 3 nitrogen and oxygen atoms in total. The van der Waals surface area contributed by atoms with Gasteiger partial charge >= 0.3 is 5.63 Å². The quantitative estimate of drug-likeness (QED) is 0.189. The summed E-state index contributed by atoms with van der Waals surface area (Å²) in [5.41, 5.74) is 8.18. The fraction of sp³-hybridized carbons (Fsp3) is 0.323. The van der Waals surface area contributed by atoms with E-state index in [1.165, 1.54) is 42.5 Å². The summed E-state index contributed by atoms with van der Waals surface area (Å²) in [6.07, 6.45) is 5.10. The highest BCUT2D eigenvalue weighted by atomic mass is 16.4. The average Bonchev–Trinajstić information content (AvgIpc) is 2.84. The van der Waals surface area contributed by atoms with Crippen LogP contribution in [0.5, 0.6) is 0 Å². The molecule has 4 rings (SSSR count). The van der Waals surface area contributed by atoms with Crippen LogP contribution in [0, 0.1) is 13.8 Å². The van der Waals surface area contributed by atoms with Crippen LogP contribution in [0.2, 0.25) is 0 Å². The summed E-state index contributed by atoms with van der Waals surface area (Å²) in [5.74, 6) is 0. The minimum atomic E-state index is -0.319. The molecule has 0 saturated heterocycles. The molecule has 0 spiro atoms. The number of hydrogen-bond acceptors (Lipinski definition) is 3. The molecular weight excluding hydrogens is 418 g/mol. The van der Waals surface area contributed by atoms with Gasteiger partial charge in [-0.2, -0.15) is 0 Å². The molecule has 1 aromatic heterocycles. The smallest absolute Gasteiger partial charge is 0.336 e. The molecule has 0 fully saturated rings. The van der Waals surface area contributed by atoms with E-state index < -0.39 is 0 Å². The summed E-state index contributed by atoms with van der Waals surface area (Å²) in [7, 11) is 0. The zero-order chi connectivity index (χ0) is 24.1.